The lowest BCUT2D eigenvalue weighted by molar-refractivity contribution is -0.390. The molecule has 0 saturated carbocycles. The van der Waals surface area contributed by atoms with Crippen LogP contribution in [0.15, 0.2) is 51.5 Å². The monoisotopic (exact) mass is 532 g/mol. The van der Waals surface area contributed by atoms with Crippen LogP contribution >= 0.6 is 27.5 Å². The highest BCUT2D eigenvalue weighted by Gasteiger charge is 2.21. The summed E-state index contributed by atoms with van der Waals surface area (Å²) in [6, 6.07) is 10.7. The number of hydrogen-bond acceptors (Lipinski definition) is 6. The zero-order valence-corrected chi connectivity index (χ0v) is 19.9. The third kappa shape index (κ3) is 4.99. The van der Waals surface area contributed by atoms with Crippen molar-refractivity contribution in [3.05, 3.63) is 90.7 Å². The van der Waals surface area contributed by atoms with Gasteiger partial charge in [-0.1, -0.05) is 23.7 Å². The van der Waals surface area contributed by atoms with Crippen LogP contribution in [0.3, 0.4) is 0 Å². The summed E-state index contributed by atoms with van der Waals surface area (Å²) in [6.07, 6.45) is 1.47. The van der Waals surface area contributed by atoms with Crippen LogP contribution in [0.25, 0.3) is 0 Å². The molecule has 0 aliphatic heterocycles. The molecule has 3 heterocycles. The first-order chi connectivity index (χ1) is 15.7. The summed E-state index contributed by atoms with van der Waals surface area (Å²) < 4.78 is 9.06. The highest BCUT2D eigenvalue weighted by Crippen LogP contribution is 2.24. The number of aryl methyl sites for hydroxylation is 1. The van der Waals surface area contributed by atoms with Crippen LogP contribution in [0, 0.1) is 24.0 Å². The van der Waals surface area contributed by atoms with Gasteiger partial charge in [-0.05, 0) is 64.5 Å². The highest BCUT2D eigenvalue weighted by molar-refractivity contribution is 9.10. The molecule has 1 amide bonds. The minimum Gasteiger partial charge on any atom is -0.454 e. The second-order valence-electron chi connectivity index (χ2n) is 7.31. The Morgan fingerprint density at radius 1 is 1.18 bits per heavy atom. The highest BCUT2D eigenvalue weighted by atomic mass is 79.9. The maximum Gasteiger partial charge on any atom is 0.404 e. The van der Waals surface area contributed by atoms with Gasteiger partial charge in [0.05, 0.1) is 34.9 Å². The Balaban J connectivity index is 1.46. The molecule has 170 valence electrons. The van der Waals surface area contributed by atoms with Crippen molar-refractivity contribution < 1.29 is 14.1 Å². The molecular weight excluding hydrogens is 516 g/mol. The summed E-state index contributed by atoms with van der Waals surface area (Å²) >= 11 is 9.05. The van der Waals surface area contributed by atoms with Gasteiger partial charge in [0.15, 0.2) is 5.76 Å². The van der Waals surface area contributed by atoms with Gasteiger partial charge in [0.1, 0.15) is 16.8 Å². The minimum atomic E-state index is -0.584. The largest absolute Gasteiger partial charge is 0.454 e. The molecule has 0 fully saturated rings. The van der Waals surface area contributed by atoms with Crippen LogP contribution < -0.4 is 5.32 Å². The Morgan fingerprint density at radius 2 is 1.91 bits per heavy atom. The number of nitrogens with zero attached hydrogens (tertiary/aromatic N) is 5. The Kier molecular flexibility index (Phi) is 6.34. The van der Waals surface area contributed by atoms with Crippen molar-refractivity contribution in [1.82, 2.24) is 19.6 Å². The fourth-order valence-corrected chi connectivity index (χ4v) is 3.89. The quantitative estimate of drug-likeness (QED) is 0.265. The first-order valence-corrected chi connectivity index (χ1v) is 10.9. The van der Waals surface area contributed by atoms with Crippen molar-refractivity contribution in [1.29, 1.82) is 0 Å². The molecule has 0 aliphatic rings. The zero-order valence-electron chi connectivity index (χ0n) is 17.6. The fourth-order valence-electron chi connectivity index (χ4n) is 3.31. The molecule has 0 radical (unpaired) electrons. The molecule has 4 aromatic rings. The fraction of sp³-hybridized carbons (Fsp3) is 0.190. The van der Waals surface area contributed by atoms with Gasteiger partial charge in [-0.15, -0.1) is 0 Å². The summed E-state index contributed by atoms with van der Waals surface area (Å²) in [7, 11) is 0. The molecule has 0 aliphatic carbocycles. The van der Waals surface area contributed by atoms with Crippen molar-refractivity contribution in [2.24, 2.45) is 0 Å². The van der Waals surface area contributed by atoms with Gasteiger partial charge in [-0.2, -0.15) is 9.78 Å². The molecule has 1 N–H and O–H groups in total. The van der Waals surface area contributed by atoms with E-state index >= 15 is 0 Å². The minimum absolute atomic E-state index is 0.106. The number of amides is 1. The van der Waals surface area contributed by atoms with Crippen molar-refractivity contribution in [2.75, 3.05) is 5.32 Å². The van der Waals surface area contributed by atoms with E-state index in [-0.39, 0.29) is 22.6 Å². The second kappa shape index (κ2) is 9.20. The number of halogens is 2. The standard InChI is InChI=1S/C21H18BrClN6O4/c1-12-19(13(2)28(25-12)9-14-3-5-15(23)6-4-14)24-21(30)18-8-7-16(33-18)10-27-11-17(22)20(26-27)29(31)32/h3-8,11H,9-10H2,1-2H3,(H,24,30). The van der Waals surface area contributed by atoms with Gasteiger partial charge in [0, 0.05) is 5.02 Å². The number of nitrogens with one attached hydrogen (secondary N) is 1. The second-order valence-corrected chi connectivity index (χ2v) is 8.60. The van der Waals surface area contributed by atoms with Crippen LogP contribution in [0.1, 0.15) is 33.3 Å². The van der Waals surface area contributed by atoms with Crippen LogP contribution in [-0.2, 0) is 13.1 Å². The molecule has 0 unspecified atom stereocenters. The number of benzene rings is 1. The molecule has 10 nitrogen and oxygen atoms in total. The maximum absolute atomic E-state index is 12.8. The number of carbonyl (C=O) groups is 1. The Labute approximate surface area is 201 Å². The van der Waals surface area contributed by atoms with E-state index in [1.807, 2.05) is 42.8 Å². The third-order valence-electron chi connectivity index (χ3n) is 4.94. The van der Waals surface area contributed by atoms with Crippen LogP contribution in [0.4, 0.5) is 11.5 Å². The number of rotatable bonds is 7. The summed E-state index contributed by atoms with van der Waals surface area (Å²) in [6.45, 7) is 4.37. The lowest BCUT2D eigenvalue weighted by Gasteiger charge is -2.07. The molecule has 0 spiro atoms. The number of aromatic nitrogens is 4. The average molecular weight is 534 g/mol. The van der Waals surface area contributed by atoms with Crippen molar-refractivity contribution in [3.8, 4) is 0 Å². The number of carbonyl (C=O) groups excluding carboxylic acids is 1. The number of anilines is 1. The SMILES string of the molecule is Cc1nn(Cc2ccc(Cl)cc2)c(C)c1NC(=O)c1ccc(Cn2cc(Br)c([N+](=O)[O-])n2)o1. The van der Waals surface area contributed by atoms with Crippen molar-refractivity contribution >= 4 is 44.9 Å². The molecule has 0 saturated heterocycles. The van der Waals surface area contributed by atoms with Gasteiger partial charge in [-0.3, -0.25) is 9.48 Å². The van der Waals surface area contributed by atoms with E-state index in [4.69, 9.17) is 16.0 Å². The van der Waals surface area contributed by atoms with Gasteiger partial charge < -0.3 is 19.8 Å². The molecule has 0 atom stereocenters. The molecule has 4 rings (SSSR count). The zero-order chi connectivity index (χ0) is 23.7. The third-order valence-corrected chi connectivity index (χ3v) is 5.75. The van der Waals surface area contributed by atoms with Gasteiger partial charge in [-0.25, -0.2) is 0 Å². The van der Waals surface area contributed by atoms with Crippen LogP contribution in [0.2, 0.25) is 5.02 Å². The lowest BCUT2D eigenvalue weighted by atomic mass is 10.2. The Bertz CT molecular complexity index is 1340. The molecule has 3 aromatic heterocycles. The molecule has 12 heteroatoms. The Morgan fingerprint density at radius 3 is 2.58 bits per heavy atom. The summed E-state index contributed by atoms with van der Waals surface area (Å²) in [5, 5.41) is 22.9. The van der Waals surface area contributed by atoms with Gasteiger partial charge in [0.2, 0.25) is 0 Å². The smallest absolute Gasteiger partial charge is 0.404 e. The van der Waals surface area contributed by atoms with E-state index in [0.717, 1.165) is 11.3 Å². The summed E-state index contributed by atoms with van der Waals surface area (Å²) in [5.41, 5.74) is 3.12. The molecule has 0 bridgehead atoms. The van der Waals surface area contributed by atoms with Crippen molar-refractivity contribution in [3.63, 3.8) is 0 Å². The number of hydrogen-bond donors (Lipinski definition) is 1. The van der Waals surface area contributed by atoms with E-state index in [2.05, 4.69) is 31.4 Å². The van der Waals surface area contributed by atoms with E-state index in [9.17, 15) is 14.9 Å². The van der Waals surface area contributed by atoms with Gasteiger partial charge in [0.25, 0.3) is 5.91 Å². The maximum atomic E-state index is 12.8. The van der Waals surface area contributed by atoms with E-state index < -0.39 is 10.8 Å². The number of furan rings is 1. The first-order valence-electron chi connectivity index (χ1n) is 9.77. The average Bonchev–Trinajstić information content (AvgIpc) is 3.44. The Hall–Kier alpha value is -3.44. The molecule has 33 heavy (non-hydrogen) atoms. The summed E-state index contributed by atoms with van der Waals surface area (Å²) in [4.78, 5) is 23.1. The first kappa shape index (κ1) is 22.7. The normalized spacial score (nSPS) is 11.0. The van der Waals surface area contributed by atoms with Crippen LogP contribution in [-0.4, -0.2) is 30.4 Å². The van der Waals surface area contributed by atoms with E-state index in [1.54, 1.807) is 12.1 Å². The topological polar surface area (TPSA) is 121 Å². The van der Waals surface area contributed by atoms with Gasteiger partial charge >= 0.3 is 5.82 Å². The predicted molar refractivity (Wildman–Crippen MR) is 125 cm³/mol. The van der Waals surface area contributed by atoms with Crippen molar-refractivity contribution in [2.45, 2.75) is 26.9 Å². The molecule has 1 aromatic carbocycles. The predicted octanol–water partition coefficient (Wildman–Crippen LogP) is 4.96. The lowest BCUT2D eigenvalue weighted by Crippen LogP contribution is -2.12. The summed E-state index contributed by atoms with van der Waals surface area (Å²) in [5.74, 6) is -0.181. The van der Waals surface area contributed by atoms with E-state index in [1.165, 1.54) is 10.9 Å². The number of nitro groups is 1. The van der Waals surface area contributed by atoms with Crippen LogP contribution in [0.5, 0.6) is 0 Å². The van der Waals surface area contributed by atoms with E-state index in [0.29, 0.717) is 28.7 Å². The molecular formula is C21H18BrClN6O4.